The first-order chi connectivity index (χ1) is 11.7. The SMILES string of the molecule is CC(=O)CCCc1c[nH]c2ccc(OCCOc3ccon3)cc12. The summed E-state index contributed by atoms with van der Waals surface area (Å²) in [5.41, 5.74) is 2.27. The maximum atomic E-state index is 11.1. The largest absolute Gasteiger partial charge is 0.490 e. The van der Waals surface area contributed by atoms with Gasteiger partial charge in [-0.25, -0.2) is 0 Å². The van der Waals surface area contributed by atoms with E-state index in [-0.39, 0.29) is 5.78 Å². The molecule has 0 aliphatic heterocycles. The van der Waals surface area contributed by atoms with Crippen LogP contribution < -0.4 is 9.47 Å². The minimum atomic E-state index is 0.228. The molecule has 2 heterocycles. The molecule has 6 heteroatoms. The molecule has 0 bridgehead atoms. The predicted octanol–water partition coefficient (Wildman–Crippen LogP) is 3.53. The molecule has 0 aliphatic carbocycles. The first-order valence-electron chi connectivity index (χ1n) is 7.98. The third kappa shape index (κ3) is 4.16. The van der Waals surface area contributed by atoms with Crippen molar-refractivity contribution >= 4 is 16.7 Å². The molecule has 126 valence electrons. The Morgan fingerprint density at radius 2 is 2.12 bits per heavy atom. The van der Waals surface area contributed by atoms with E-state index in [1.807, 2.05) is 24.4 Å². The lowest BCUT2D eigenvalue weighted by Crippen LogP contribution is -2.09. The van der Waals surface area contributed by atoms with Gasteiger partial charge in [-0.15, -0.1) is 0 Å². The van der Waals surface area contributed by atoms with E-state index in [4.69, 9.17) is 9.47 Å². The molecule has 0 spiro atoms. The normalized spacial score (nSPS) is 10.9. The van der Waals surface area contributed by atoms with E-state index in [0.29, 0.717) is 25.5 Å². The molecular formula is C18H20N2O4. The van der Waals surface area contributed by atoms with Crippen LogP contribution in [0, 0.1) is 0 Å². The summed E-state index contributed by atoms with van der Waals surface area (Å²) >= 11 is 0. The molecule has 24 heavy (non-hydrogen) atoms. The van der Waals surface area contributed by atoms with Crippen molar-refractivity contribution in [2.24, 2.45) is 0 Å². The van der Waals surface area contributed by atoms with Crippen molar-refractivity contribution in [1.82, 2.24) is 10.1 Å². The molecule has 0 radical (unpaired) electrons. The Balaban J connectivity index is 1.56. The van der Waals surface area contributed by atoms with Crippen LogP contribution in [0.25, 0.3) is 10.9 Å². The van der Waals surface area contributed by atoms with Crippen molar-refractivity contribution in [2.45, 2.75) is 26.2 Å². The lowest BCUT2D eigenvalue weighted by atomic mass is 10.1. The predicted molar refractivity (Wildman–Crippen MR) is 89.4 cm³/mol. The molecule has 3 rings (SSSR count). The van der Waals surface area contributed by atoms with Crippen LogP contribution in [-0.2, 0) is 11.2 Å². The third-order valence-corrected chi connectivity index (χ3v) is 3.73. The molecule has 0 saturated heterocycles. The highest BCUT2D eigenvalue weighted by Gasteiger charge is 2.06. The second-order valence-corrected chi connectivity index (χ2v) is 5.61. The van der Waals surface area contributed by atoms with Crippen LogP contribution in [0.15, 0.2) is 41.2 Å². The number of Topliss-reactive ketones (excluding diaryl/α,β-unsaturated/α-hetero) is 1. The summed E-state index contributed by atoms with van der Waals surface area (Å²) in [5.74, 6) is 1.47. The Morgan fingerprint density at radius 1 is 1.25 bits per heavy atom. The second-order valence-electron chi connectivity index (χ2n) is 5.61. The topological polar surface area (TPSA) is 77.4 Å². The van der Waals surface area contributed by atoms with Crippen LogP contribution in [0.2, 0.25) is 0 Å². The second kappa shape index (κ2) is 7.68. The Labute approximate surface area is 139 Å². The highest BCUT2D eigenvalue weighted by atomic mass is 16.6. The van der Waals surface area contributed by atoms with E-state index in [1.54, 1.807) is 13.0 Å². The number of aromatic amines is 1. The maximum Gasteiger partial charge on any atom is 0.254 e. The average Bonchev–Trinajstić information content (AvgIpc) is 3.21. The molecule has 2 aromatic heterocycles. The van der Waals surface area contributed by atoms with E-state index in [2.05, 4.69) is 14.7 Å². The van der Waals surface area contributed by atoms with Gasteiger partial charge in [0.25, 0.3) is 5.88 Å². The fraction of sp³-hybridized carbons (Fsp3) is 0.333. The van der Waals surface area contributed by atoms with Gasteiger partial charge in [0.05, 0.1) is 0 Å². The van der Waals surface area contributed by atoms with Crippen LogP contribution >= 0.6 is 0 Å². The van der Waals surface area contributed by atoms with Gasteiger partial charge < -0.3 is 23.8 Å². The molecule has 0 amide bonds. The molecule has 1 aromatic carbocycles. The van der Waals surface area contributed by atoms with Gasteiger partial charge in [-0.1, -0.05) is 0 Å². The minimum absolute atomic E-state index is 0.228. The molecule has 6 nitrogen and oxygen atoms in total. The number of carbonyl (C=O) groups is 1. The summed E-state index contributed by atoms with van der Waals surface area (Å²) in [7, 11) is 0. The molecule has 3 aromatic rings. The highest BCUT2D eigenvalue weighted by molar-refractivity contribution is 5.84. The number of hydrogen-bond donors (Lipinski definition) is 1. The number of H-pyrrole nitrogens is 1. The highest BCUT2D eigenvalue weighted by Crippen LogP contribution is 2.25. The van der Waals surface area contributed by atoms with Crippen molar-refractivity contribution in [3.05, 3.63) is 42.3 Å². The molecular weight excluding hydrogens is 308 g/mol. The lowest BCUT2D eigenvalue weighted by Gasteiger charge is -2.07. The van der Waals surface area contributed by atoms with Crippen LogP contribution in [0.4, 0.5) is 0 Å². The fourth-order valence-electron chi connectivity index (χ4n) is 2.56. The van der Waals surface area contributed by atoms with E-state index in [9.17, 15) is 4.79 Å². The first-order valence-corrected chi connectivity index (χ1v) is 7.98. The summed E-state index contributed by atoms with van der Waals surface area (Å²) < 4.78 is 15.8. The van der Waals surface area contributed by atoms with E-state index < -0.39 is 0 Å². The Hall–Kier alpha value is -2.76. The number of benzene rings is 1. The summed E-state index contributed by atoms with van der Waals surface area (Å²) in [6, 6.07) is 7.59. The fourth-order valence-corrected chi connectivity index (χ4v) is 2.56. The number of ketones is 1. The van der Waals surface area contributed by atoms with Gasteiger partial charge in [-0.2, -0.15) is 0 Å². The number of ether oxygens (including phenoxy) is 2. The number of hydrogen-bond acceptors (Lipinski definition) is 5. The lowest BCUT2D eigenvalue weighted by molar-refractivity contribution is -0.117. The van der Waals surface area contributed by atoms with E-state index in [0.717, 1.165) is 29.5 Å². The summed E-state index contributed by atoms with van der Waals surface area (Å²) in [5, 5.41) is 4.80. The van der Waals surface area contributed by atoms with Gasteiger partial charge in [0, 0.05) is 29.6 Å². The van der Waals surface area contributed by atoms with Gasteiger partial charge in [0.15, 0.2) is 0 Å². The molecule has 0 fully saturated rings. The van der Waals surface area contributed by atoms with Crippen molar-refractivity contribution in [3.63, 3.8) is 0 Å². The Bertz CT molecular complexity index is 793. The number of aromatic nitrogens is 2. The van der Waals surface area contributed by atoms with Crippen molar-refractivity contribution in [3.8, 4) is 11.6 Å². The van der Waals surface area contributed by atoms with Crippen molar-refractivity contribution < 1.29 is 18.8 Å². The number of fused-ring (bicyclic) bond motifs is 1. The molecule has 0 atom stereocenters. The standard InChI is InChI=1S/C18H20N2O4/c1-13(21)3-2-4-14-12-19-17-6-5-15(11-16(14)17)22-9-10-23-18-7-8-24-20-18/h5-8,11-12,19H,2-4,9-10H2,1H3. The van der Waals surface area contributed by atoms with Crippen molar-refractivity contribution in [2.75, 3.05) is 13.2 Å². The summed E-state index contributed by atoms with van der Waals surface area (Å²) in [6.07, 6.45) is 5.81. The van der Waals surface area contributed by atoms with Crippen LogP contribution in [-0.4, -0.2) is 29.1 Å². The Kier molecular flexibility index (Phi) is 5.15. The summed E-state index contributed by atoms with van der Waals surface area (Å²) in [4.78, 5) is 14.3. The van der Waals surface area contributed by atoms with Crippen LogP contribution in [0.1, 0.15) is 25.3 Å². The molecule has 1 N–H and O–H groups in total. The van der Waals surface area contributed by atoms with Gasteiger partial charge in [0.2, 0.25) is 0 Å². The van der Waals surface area contributed by atoms with Gasteiger partial charge >= 0.3 is 0 Å². The monoisotopic (exact) mass is 328 g/mol. The minimum Gasteiger partial charge on any atom is -0.490 e. The van der Waals surface area contributed by atoms with Gasteiger partial charge in [-0.3, -0.25) is 0 Å². The van der Waals surface area contributed by atoms with Gasteiger partial charge in [0.1, 0.15) is 31.0 Å². The molecule has 0 unspecified atom stereocenters. The first kappa shape index (κ1) is 16.1. The molecule has 0 saturated carbocycles. The average molecular weight is 328 g/mol. The Morgan fingerprint density at radius 3 is 2.92 bits per heavy atom. The van der Waals surface area contributed by atoms with E-state index >= 15 is 0 Å². The number of nitrogens with one attached hydrogen (secondary N) is 1. The molecule has 0 aliphatic rings. The summed E-state index contributed by atoms with van der Waals surface area (Å²) in [6.45, 7) is 2.44. The van der Waals surface area contributed by atoms with Crippen LogP contribution in [0.5, 0.6) is 11.6 Å². The quantitative estimate of drug-likeness (QED) is 0.608. The third-order valence-electron chi connectivity index (χ3n) is 3.73. The van der Waals surface area contributed by atoms with Crippen molar-refractivity contribution in [1.29, 1.82) is 0 Å². The number of rotatable bonds is 9. The van der Waals surface area contributed by atoms with E-state index in [1.165, 1.54) is 11.8 Å². The number of aryl methyl sites for hydroxylation is 1. The smallest absolute Gasteiger partial charge is 0.254 e. The zero-order valence-corrected chi connectivity index (χ0v) is 13.6. The maximum absolute atomic E-state index is 11.1. The van der Waals surface area contributed by atoms with Crippen LogP contribution in [0.3, 0.4) is 0 Å². The zero-order valence-electron chi connectivity index (χ0n) is 13.6. The number of carbonyl (C=O) groups excluding carboxylic acids is 1. The number of nitrogens with zero attached hydrogens (tertiary/aromatic N) is 1. The van der Waals surface area contributed by atoms with Gasteiger partial charge in [-0.05, 0) is 48.7 Å². The zero-order chi connectivity index (χ0) is 16.8.